The van der Waals surface area contributed by atoms with Crippen molar-refractivity contribution in [2.45, 2.75) is 52.6 Å². The number of carbonyl (C=O) groups excluding carboxylic acids is 1. The SMILES string of the molecule is C=C(C)C(=O)OCCCC(C)Oc1ccc(CCC)cc1. The minimum absolute atomic E-state index is 0.102. The van der Waals surface area contributed by atoms with Crippen LogP contribution in [0.25, 0.3) is 0 Å². The highest BCUT2D eigenvalue weighted by molar-refractivity contribution is 5.86. The van der Waals surface area contributed by atoms with Crippen LogP contribution < -0.4 is 4.74 Å². The minimum Gasteiger partial charge on any atom is -0.491 e. The number of carbonyl (C=O) groups is 1. The van der Waals surface area contributed by atoms with Crippen molar-refractivity contribution in [1.82, 2.24) is 0 Å². The molecule has 1 unspecified atom stereocenters. The molecule has 0 bridgehead atoms. The molecule has 0 heterocycles. The first-order chi connectivity index (χ1) is 10.0. The molecule has 0 aliphatic heterocycles. The van der Waals surface area contributed by atoms with Crippen LogP contribution in [0.4, 0.5) is 0 Å². The topological polar surface area (TPSA) is 35.5 Å². The van der Waals surface area contributed by atoms with Crippen molar-refractivity contribution in [2.75, 3.05) is 6.61 Å². The maximum atomic E-state index is 11.2. The Hall–Kier alpha value is -1.77. The summed E-state index contributed by atoms with van der Waals surface area (Å²) >= 11 is 0. The highest BCUT2D eigenvalue weighted by Crippen LogP contribution is 2.16. The van der Waals surface area contributed by atoms with E-state index >= 15 is 0 Å². The van der Waals surface area contributed by atoms with Crippen LogP contribution in [0.1, 0.15) is 45.6 Å². The predicted molar refractivity (Wildman–Crippen MR) is 85.5 cm³/mol. The van der Waals surface area contributed by atoms with Crippen molar-refractivity contribution in [1.29, 1.82) is 0 Å². The number of rotatable bonds is 9. The van der Waals surface area contributed by atoms with Gasteiger partial charge >= 0.3 is 5.97 Å². The van der Waals surface area contributed by atoms with E-state index in [0.29, 0.717) is 12.2 Å². The fraction of sp³-hybridized carbons (Fsp3) is 0.500. The van der Waals surface area contributed by atoms with E-state index in [1.54, 1.807) is 6.92 Å². The molecular weight excluding hydrogens is 264 g/mol. The first-order valence-electron chi connectivity index (χ1n) is 7.61. The summed E-state index contributed by atoms with van der Waals surface area (Å²) in [5.41, 5.74) is 1.77. The van der Waals surface area contributed by atoms with Gasteiger partial charge in [-0.3, -0.25) is 0 Å². The molecule has 0 saturated carbocycles. The Morgan fingerprint density at radius 2 is 1.95 bits per heavy atom. The predicted octanol–water partition coefficient (Wildman–Crippen LogP) is 4.31. The van der Waals surface area contributed by atoms with E-state index in [2.05, 4.69) is 25.6 Å². The average molecular weight is 290 g/mol. The molecule has 3 nitrogen and oxygen atoms in total. The van der Waals surface area contributed by atoms with Gasteiger partial charge in [0, 0.05) is 5.57 Å². The van der Waals surface area contributed by atoms with Crippen LogP contribution in [0.5, 0.6) is 5.75 Å². The zero-order valence-electron chi connectivity index (χ0n) is 13.4. The molecule has 0 spiro atoms. The van der Waals surface area contributed by atoms with E-state index < -0.39 is 0 Å². The Morgan fingerprint density at radius 3 is 2.52 bits per heavy atom. The summed E-state index contributed by atoms with van der Waals surface area (Å²) in [6.45, 7) is 9.81. The zero-order chi connectivity index (χ0) is 15.7. The molecule has 0 amide bonds. The largest absolute Gasteiger partial charge is 0.491 e. The summed E-state index contributed by atoms with van der Waals surface area (Å²) in [7, 11) is 0. The summed E-state index contributed by atoms with van der Waals surface area (Å²) in [4.78, 5) is 11.2. The Kier molecular flexibility index (Phi) is 7.59. The minimum atomic E-state index is -0.324. The maximum absolute atomic E-state index is 11.2. The molecule has 3 heteroatoms. The number of benzene rings is 1. The van der Waals surface area contributed by atoms with Crippen LogP contribution in [0.15, 0.2) is 36.4 Å². The Labute approximate surface area is 128 Å². The van der Waals surface area contributed by atoms with Crippen molar-refractivity contribution in [3.05, 3.63) is 42.0 Å². The molecule has 1 aromatic rings. The summed E-state index contributed by atoms with van der Waals surface area (Å²) in [6.07, 6.45) is 3.99. The number of hydrogen-bond acceptors (Lipinski definition) is 3. The third-order valence-corrected chi connectivity index (χ3v) is 3.14. The van der Waals surface area contributed by atoms with Crippen molar-refractivity contribution >= 4 is 5.97 Å². The second kappa shape index (κ2) is 9.22. The highest BCUT2D eigenvalue weighted by Gasteiger charge is 2.06. The lowest BCUT2D eigenvalue weighted by Gasteiger charge is -2.15. The Balaban J connectivity index is 2.25. The van der Waals surface area contributed by atoms with Gasteiger partial charge in [-0.25, -0.2) is 4.79 Å². The van der Waals surface area contributed by atoms with Gasteiger partial charge in [0.25, 0.3) is 0 Å². The van der Waals surface area contributed by atoms with Crippen LogP contribution in [0.3, 0.4) is 0 Å². The maximum Gasteiger partial charge on any atom is 0.333 e. The number of hydrogen-bond donors (Lipinski definition) is 0. The van der Waals surface area contributed by atoms with Gasteiger partial charge in [-0.2, -0.15) is 0 Å². The zero-order valence-corrected chi connectivity index (χ0v) is 13.4. The summed E-state index contributed by atoms with van der Waals surface area (Å²) in [5.74, 6) is 0.566. The molecule has 0 radical (unpaired) electrons. The first-order valence-corrected chi connectivity index (χ1v) is 7.61. The standard InChI is InChI=1S/C18H26O3/c1-5-7-16-9-11-17(12-10-16)21-15(4)8-6-13-20-18(19)14(2)3/h9-12,15H,2,5-8,13H2,1,3-4H3. The molecular formula is C18H26O3. The van der Waals surface area contributed by atoms with E-state index in [1.807, 2.05) is 19.1 Å². The Bertz CT molecular complexity index is 448. The van der Waals surface area contributed by atoms with Gasteiger partial charge in [0.15, 0.2) is 0 Å². The first kappa shape index (κ1) is 17.3. The lowest BCUT2D eigenvalue weighted by Crippen LogP contribution is -2.14. The summed E-state index contributed by atoms with van der Waals surface area (Å²) in [5, 5.41) is 0. The van der Waals surface area contributed by atoms with E-state index in [0.717, 1.165) is 31.4 Å². The molecule has 1 rings (SSSR count). The van der Waals surface area contributed by atoms with Gasteiger partial charge < -0.3 is 9.47 Å². The monoisotopic (exact) mass is 290 g/mol. The van der Waals surface area contributed by atoms with Gasteiger partial charge in [0.1, 0.15) is 5.75 Å². The van der Waals surface area contributed by atoms with Crippen molar-refractivity contribution in [2.24, 2.45) is 0 Å². The van der Waals surface area contributed by atoms with Crippen LogP contribution in [0, 0.1) is 0 Å². The van der Waals surface area contributed by atoms with Crippen molar-refractivity contribution < 1.29 is 14.3 Å². The fourth-order valence-corrected chi connectivity index (χ4v) is 1.97. The molecule has 0 N–H and O–H groups in total. The molecule has 0 aliphatic rings. The third-order valence-electron chi connectivity index (χ3n) is 3.14. The average Bonchev–Trinajstić information content (AvgIpc) is 2.45. The Morgan fingerprint density at radius 1 is 1.29 bits per heavy atom. The van der Waals surface area contributed by atoms with E-state index in [4.69, 9.17) is 9.47 Å². The number of esters is 1. The molecule has 0 fully saturated rings. The normalized spacial score (nSPS) is 11.8. The fourth-order valence-electron chi connectivity index (χ4n) is 1.97. The lowest BCUT2D eigenvalue weighted by atomic mass is 10.1. The van der Waals surface area contributed by atoms with E-state index in [1.165, 1.54) is 5.56 Å². The van der Waals surface area contributed by atoms with Crippen molar-refractivity contribution in [3.8, 4) is 5.75 Å². The van der Waals surface area contributed by atoms with E-state index in [9.17, 15) is 4.79 Å². The van der Waals surface area contributed by atoms with Crippen LogP contribution in [0.2, 0.25) is 0 Å². The molecule has 0 aliphatic carbocycles. The lowest BCUT2D eigenvalue weighted by molar-refractivity contribution is -0.139. The molecule has 0 aromatic heterocycles. The second-order valence-corrected chi connectivity index (χ2v) is 5.38. The van der Waals surface area contributed by atoms with Crippen LogP contribution >= 0.6 is 0 Å². The van der Waals surface area contributed by atoms with Crippen LogP contribution in [-0.2, 0) is 16.0 Å². The highest BCUT2D eigenvalue weighted by atomic mass is 16.5. The van der Waals surface area contributed by atoms with Gasteiger partial charge in [-0.1, -0.05) is 32.1 Å². The summed E-state index contributed by atoms with van der Waals surface area (Å²) < 4.78 is 10.9. The summed E-state index contributed by atoms with van der Waals surface area (Å²) in [6, 6.07) is 8.26. The molecule has 116 valence electrons. The quantitative estimate of drug-likeness (QED) is 0.386. The van der Waals surface area contributed by atoms with Gasteiger partial charge in [0.2, 0.25) is 0 Å². The molecule has 0 saturated heterocycles. The van der Waals surface area contributed by atoms with Crippen molar-refractivity contribution in [3.63, 3.8) is 0 Å². The molecule has 1 aromatic carbocycles. The molecule has 1 atom stereocenters. The second-order valence-electron chi connectivity index (χ2n) is 5.38. The number of ether oxygens (including phenoxy) is 2. The third kappa shape index (κ3) is 6.98. The van der Waals surface area contributed by atoms with Gasteiger partial charge in [-0.15, -0.1) is 0 Å². The van der Waals surface area contributed by atoms with E-state index in [-0.39, 0.29) is 12.1 Å². The van der Waals surface area contributed by atoms with Gasteiger partial charge in [-0.05, 0) is 50.8 Å². The smallest absolute Gasteiger partial charge is 0.333 e. The molecule has 21 heavy (non-hydrogen) atoms. The number of aryl methyl sites for hydroxylation is 1. The van der Waals surface area contributed by atoms with Crippen LogP contribution in [-0.4, -0.2) is 18.7 Å². The van der Waals surface area contributed by atoms with Gasteiger partial charge in [0.05, 0.1) is 12.7 Å².